The highest BCUT2D eigenvalue weighted by molar-refractivity contribution is 5.87. The van der Waals surface area contributed by atoms with Crippen molar-refractivity contribution in [2.24, 2.45) is 52.0 Å². The van der Waals surface area contributed by atoms with Crippen molar-refractivity contribution in [2.45, 2.75) is 90.9 Å². The molecule has 1 aromatic rings. The van der Waals surface area contributed by atoms with Crippen LogP contribution in [-0.2, 0) is 9.59 Å². The van der Waals surface area contributed by atoms with E-state index in [0.717, 1.165) is 43.2 Å². The quantitative estimate of drug-likeness (QED) is 0.303. The molecule has 5 rings (SSSR count). The number of nitrogens with zero attached hydrogens (tertiary/aromatic N) is 1. The molecule has 6 N–H and O–H groups in total. The zero-order chi connectivity index (χ0) is 26.6. The molecule has 7 unspecified atom stereocenters. The van der Waals surface area contributed by atoms with Crippen LogP contribution in [0.15, 0.2) is 30.6 Å². The number of ketones is 1. The Morgan fingerprint density at radius 1 is 1.16 bits per heavy atom. The first-order valence-corrected chi connectivity index (χ1v) is 14.3. The highest BCUT2D eigenvalue weighted by Gasteiger charge is 2.62. The summed E-state index contributed by atoms with van der Waals surface area (Å²) in [5.41, 5.74) is 9.30. The Balaban J connectivity index is 0.000000245. The van der Waals surface area contributed by atoms with Crippen molar-refractivity contribution in [3.63, 3.8) is 0 Å². The molecule has 204 valence electrons. The molecule has 7 nitrogen and oxygen atoms in total. The third kappa shape index (κ3) is 5.29. The number of carboxylic acids is 1. The van der Waals surface area contributed by atoms with Crippen molar-refractivity contribution >= 4 is 17.4 Å². The Bertz CT molecular complexity index is 982. The maximum Gasteiger partial charge on any atom is 0.303 e. The summed E-state index contributed by atoms with van der Waals surface area (Å²) in [5, 5.41) is 8.96. The average molecular weight is 511 g/mol. The van der Waals surface area contributed by atoms with E-state index < -0.39 is 5.97 Å². The van der Waals surface area contributed by atoms with E-state index in [9.17, 15) is 9.59 Å². The molecule has 7 atom stereocenters. The molecule has 1 heterocycles. The number of hydrogen-bond acceptors (Lipinski definition) is 6. The van der Waals surface area contributed by atoms with Crippen LogP contribution < -0.4 is 17.0 Å². The lowest BCUT2D eigenvalue weighted by Gasteiger charge is -2.59. The summed E-state index contributed by atoms with van der Waals surface area (Å²) in [5.74, 6) is 8.17. The van der Waals surface area contributed by atoms with Gasteiger partial charge in [0.15, 0.2) is 0 Å². The minimum atomic E-state index is -0.705. The molecule has 7 heteroatoms. The van der Waals surface area contributed by atoms with Gasteiger partial charge in [-0.3, -0.25) is 20.4 Å². The van der Waals surface area contributed by atoms with Crippen molar-refractivity contribution < 1.29 is 14.7 Å². The molecular formula is C30H46N4O3. The molecule has 4 aliphatic carbocycles. The second-order valence-corrected chi connectivity index (χ2v) is 12.3. The van der Waals surface area contributed by atoms with Crippen LogP contribution in [0.25, 0.3) is 5.70 Å². The van der Waals surface area contributed by atoms with Crippen LogP contribution in [0.1, 0.15) is 96.6 Å². The average Bonchev–Trinajstić information content (AvgIpc) is 3.24. The molecule has 0 bridgehead atoms. The van der Waals surface area contributed by atoms with Gasteiger partial charge in [-0.05, 0) is 98.5 Å². The van der Waals surface area contributed by atoms with Crippen molar-refractivity contribution in [3.8, 4) is 0 Å². The third-order valence-corrected chi connectivity index (χ3v) is 10.8. The van der Waals surface area contributed by atoms with E-state index in [0.29, 0.717) is 34.6 Å². The number of hydrazine groups is 1. The molecule has 0 aliphatic heterocycles. The lowest BCUT2D eigenvalue weighted by Crippen LogP contribution is -2.56. The first-order chi connectivity index (χ1) is 17.8. The predicted molar refractivity (Wildman–Crippen MR) is 145 cm³/mol. The van der Waals surface area contributed by atoms with Crippen LogP contribution >= 0.6 is 0 Å². The number of carboxylic acid groups (broad SMARTS) is 1. The Morgan fingerprint density at radius 3 is 2.65 bits per heavy atom. The van der Waals surface area contributed by atoms with Gasteiger partial charge in [0.25, 0.3) is 0 Å². The molecule has 0 saturated heterocycles. The zero-order valence-electron chi connectivity index (χ0n) is 22.6. The Morgan fingerprint density at radius 2 is 1.97 bits per heavy atom. The molecular weight excluding hydrogens is 464 g/mol. The summed E-state index contributed by atoms with van der Waals surface area (Å²) < 4.78 is 0. The zero-order valence-corrected chi connectivity index (χ0v) is 22.6. The van der Waals surface area contributed by atoms with Crippen LogP contribution in [0, 0.1) is 40.4 Å². The summed E-state index contributed by atoms with van der Waals surface area (Å²) in [6.45, 7) is 4.77. The van der Waals surface area contributed by atoms with E-state index in [1.54, 1.807) is 6.20 Å². The van der Waals surface area contributed by atoms with Crippen LogP contribution in [0.2, 0.25) is 0 Å². The molecule has 4 fully saturated rings. The Hall–Kier alpha value is -2.41. The SMILES string of the molecule is CC12CCCCC1CCC1C2CC(=O)C2(C)C(CCCC(=O)O)CCC12.N/C=C(\NN)c1ccccn1. The number of carbonyl (C=O) groups is 2. The summed E-state index contributed by atoms with van der Waals surface area (Å²) >= 11 is 0. The van der Waals surface area contributed by atoms with Gasteiger partial charge in [-0.15, -0.1) is 0 Å². The normalized spacial score (nSPS) is 36.9. The number of nitrogens with two attached hydrogens (primary N) is 2. The molecule has 4 aliphatic rings. The lowest BCUT2D eigenvalue weighted by atomic mass is 9.44. The van der Waals surface area contributed by atoms with Gasteiger partial charge in [0.2, 0.25) is 0 Å². The van der Waals surface area contributed by atoms with E-state index in [4.69, 9.17) is 16.7 Å². The predicted octanol–water partition coefficient (Wildman–Crippen LogP) is 5.27. The number of aromatic nitrogens is 1. The number of rotatable bonds is 6. The van der Waals surface area contributed by atoms with Gasteiger partial charge >= 0.3 is 5.97 Å². The largest absolute Gasteiger partial charge is 0.481 e. The third-order valence-electron chi connectivity index (χ3n) is 10.8. The second kappa shape index (κ2) is 11.5. The van der Waals surface area contributed by atoms with Crippen molar-refractivity contribution in [3.05, 3.63) is 36.3 Å². The van der Waals surface area contributed by atoms with E-state index in [1.807, 2.05) is 18.2 Å². The summed E-state index contributed by atoms with van der Waals surface area (Å²) in [6.07, 6.45) is 16.2. The van der Waals surface area contributed by atoms with Gasteiger partial charge in [0.1, 0.15) is 5.78 Å². The molecule has 0 aromatic carbocycles. The first-order valence-electron chi connectivity index (χ1n) is 14.3. The fourth-order valence-corrected chi connectivity index (χ4v) is 8.81. The number of aliphatic carboxylic acids is 1. The fraction of sp³-hybridized carbons (Fsp3) is 0.700. The van der Waals surface area contributed by atoms with Gasteiger partial charge in [-0.25, -0.2) is 0 Å². The highest BCUT2D eigenvalue weighted by atomic mass is 16.4. The minimum absolute atomic E-state index is 0.169. The van der Waals surface area contributed by atoms with Gasteiger partial charge in [0, 0.05) is 30.7 Å². The molecule has 4 saturated carbocycles. The number of fused-ring (bicyclic) bond motifs is 5. The Kier molecular flexibility index (Phi) is 8.62. The maximum absolute atomic E-state index is 13.5. The number of carbonyl (C=O) groups excluding carboxylic acids is 1. The van der Waals surface area contributed by atoms with Gasteiger partial charge in [-0.1, -0.05) is 32.8 Å². The molecule has 37 heavy (non-hydrogen) atoms. The first kappa shape index (κ1) is 27.6. The van der Waals surface area contributed by atoms with Gasteiger partial charge in [0.05, 0.1) is 11.4 Å². The standard InChI is InChI=1S/C23H36O3.C7H10N4/c1-22-13-4-3-6-15(22)9-11-17-18-12-10-16(7-5-8-21(25)26)23(18,2)20(24)14-19(17)22;8-5-7(11-9)6-3-1-2-4-10-6/h15-19H,3-14H2,1-2H3,(H,25,26);1-5,11H,8-9H2/b;7-5-. The Labute approximate surface area is 221 Å². The van der Waals surface area contributed by atoms with E-state index in [1.165, 1.54) is 51.1 Å². The molecule has 0 spiro atoms. The highest BCUT2D eigenvalue weighted by Crippen LogP contribution is 2.66. The minimum Gasteiger partial charge on any atom is -0.481 e. The number of pyridine rings is 1. The number of hydrogen-bond donors (Lipinski definition) is 4. The summed E-state index contributed by atoms with van der Waals surface area (Å²) in [6, 6.07) is 5.51. The number of Topliss-reactive ketones (excluding diaryl/α,β-unsaturated/α-hetero) is 1. The van der Waals surface area contributed by atoms with Crippen molar-refractivity contribution in [1.29, 1.82) is 0 Å². The molecule has 0 radical (unpaired) electrons. The van der Waals surface area contributed by atoms with E-state index >= 15 is 0 Å². The van der Waals surface area contributed by atoms with E-state index in [-0.39, 0.29) is 11.8 Å². The smallest absolute Gasteiger partial charge is 0.303 e. The van der Waals surface area contributed by atoms with E-state index in [2.05, 4.69) is 24.3 Å². The fourth-order valence-electron chi connectivity index (χ4n) is 8.81. The number of nitrogens with one attached hydrogen (secondary N) is 1. The van der Waals surface area contributed by atoms with Crippen LogP contribution in [0.3, 0.4) is 0 Å². The van der Waals surface area contributed by atoms with Crippen molar-refractivity contribution in [1.82, 2.24) is 10.4 Å². The second-order valence-electron chi connectivity index (χ2n) is 12.3. The monoisotopic (exact) mass is 510 g/mol. The maximum atomic E-state index is 13.5. The van der Waals surface area contributed by atoms with Crippen LogP contribution in [0.5, 0.6) is 0 Å². The molecule has 0 amide bonds. The van der Waals surface area contributed by atoms with Crippen LogP contribution in [-0.4, -0.2) is 21.8 Å². The van der Waals surface area contributed by atoms with Gasteiger partial charge in [-0.2, -0.15) is 0 Å². The van der Waals surface area contributed by atoms with Gasteiger partial charge < -0.3 is 16.3 Å². The molecule has 1 aromatic heterocycles. The van der Waals surface area contributed by atoms with Crippen molar-refractivity contribution in [2.75, 3.05) is 0 Å². The topological polar surface area (TPSA) is 131 Å². The van der Waals surface area contributed by atoms with Crippen LogP contribution in [0.4, 0.5) is 0 Å². The summed E-state index contributed by atoms with van der Waals surface area (Å²) in [4.78, 5) is 28.4. The lowest BCUT2D eigenvalue weighted by molar-refractivity contribution is -0.156. The summed E-state index contributed by atoms with van der Waals surface area (Å²) in [7, 11) is 0.